The molecule has 3 aromatic carbocycles. The summed E-state index contributed by atoms with van der Waals surface area (Å²) in [5, 5.41) is 0. The summed E-state index contributed by atoms with van der Waals surface area (Å²) in [6.07, 6.45) is 3.81. The van der Waals surface area contributed by atoms with Crippen LogP contribution in [0.2, 0.25) is 0 Å². The fourth-order valence-electron chi connectivity index (χ4n) is 2.77. The number of ether oxygens (including phenoxy) is 1. The number of benzene rings is 3. The molecule has 0 amide bonds. The zero-order valence-corrected chi connectivity index (χ0v) is 14.6. The van der Waals surface area contributed by atoms with E-state index in [2.05, 4.69) is 24.3 Å². The molecule has 0 atom stereocenters. The summed E-state index contributed by atoms with van der Waals surface area (Å²) in [5.41, 5.74) is 4.58. The number of esters is 1. The van der Waals surface area contributed by atoms with Gasteiger partial charge in [0, 0.05) is 0 Å². The van der Waals surface area contributed by atoms with Gasteiger partial charge in [-0.25, -0.2) is 4.79 Å². The Balaban J connectivity index is 2.11. The number of carbonyl (C=O) groups is 1. The van der Waals surface area contributed by atoms with Crippen LogP contribution in [0.15, 0.2) is 103 Å². The van der Waals surface area contributed by atoms with Crippen LogP contribution in [-0.2, 0) is 9.53 Å². The van der Waals surface area contributed by atoms with Gasteiger partial charge < -0.3 is 4.74 Å². The lowest BCUT2D eigenvalue weighted by Gasteiger charge is -2.09. The van der Waals surface area contributed by atoms with Crippen molar-refractivity contribution in [3.05, 3.63) is 120 Å². The number of methoxy groups -OCH3 is 1. The molecule has 0 unspecified atom stereocenters. The van der Waals surface area contributed by atoms with Gasteiger partial charge in [0.2, 0.25) is 0 Å². The van der Waals surface area contributed by atoms with E-state index < -0.39 is 0 Å². The van der Waals surface area contributed by atoms with Gasteiger partial charge in [-0.05, 0) is 28.3 Å². The Hall–Kier alpha value is -3.39. The highest BCUT2D eigenvalue weighted by atomic mass is 16.5. The van der Waals surface area contributed by atoms with E-state index in [-0.39, 0.29) is 5.97 Å². The molecule has 0 bridgehead atoms. The highest BCUT2D eigenvalue weighted by Crippen LogP contribution is 2.25. The monoisotopic (exact) mass is 340 g/mol. The number of hydrogen-bond donors (Lipinski definition) is 0. The molecule has 0 heterocycles. The summed E-state index contributed by atoms with van der Waals surface area (Å²) in [5.74, 6) is -0.354. The van der Waals surface area contributed by atoms with Gasteiger partial charge in [0.1, 0.15) is 0 Å². The van der Waals surface area contributed by atoms with Crippen LogP contribution >= 0.6 is 0 Å². The van der Waals surface area contributed by atoms with Gasteiger partial charge in [0.15, 0.2) is 0 Å². The van der Waals surface area contributed by atoms with Gasteiger partial charge in [0.25, 0.3) is 0 Å². The van der Waals surface area contributed by atoms with E-state index >= 15 is 0 Å². The van der Waals surface area contributed by atoms with Crippen molar-refractivity contribution >= 4 is 17.1 Å². The van der Waals surface area contributed by atoms with Gasteiger partial charge in [-0.2, -0.15) is 0 Å². The lowest BCUT2D eigenvalue weighted by atomic mass is 9.96. The molecule has 0 aliphatic heterocycles. The summed E-state index contributed by atoms with van der Waals surface area (Å²) in [4.78, 5) is 12.3. The summed E-state index contributed by atoms with van der Waals surface area (Å²) < 4.78 is 4.97. The Kier molecular flexibility index (Phi) is 5.79. The maximum absolute atomic E-state index is 12.3. The van der Waals surface area contributed by atoms with Crippen LogP contribution in [0.5, 0.6) is 0 Å². The summed E-state index contributed by atoms with van der Waals surface area (Å²) in [6.45, 7) is 0. The second-order valence-electron chi connectivity index (χ2n) is 5.75. The van der Waals surface area contributed by atoms with E-state index in [1.807, 2.05) is 78.9 Å². The molecule has 0 saturated heterocycles. The van der Waals surface area contributed by atoms with Crippen molar-refractivity contribution in [3.8, 4) is 0 Å². The minimum Gasteiger partial charge on any atom is -0.465 e. The van der Waals surface area contributed by atoms with Crippen LogP contribution in [0.3, 0.4) is 0 Å². The first-order chi connectivity index (χ1) is 12.8. The third-order valence-corrected chi connectivity index (χ3v) is 4.08. The first-order valence-electron chi connectivity index (χ1n) is 8.46. The number of hydrogen-bond acceptors (Lipinski definition) is 2. The first-order valence-corrected chi connectivity index (χ1v) is 8.46. The molecular formula is C24H20O2. The van der Waals surface area contributed by atoms with Crippen LogP contribution in [-0.4, -0.2) is 13.1 Å². The van der Waals surface area contributed by atoms with E-state index in [0.29, 0.717) is 5.57 Å². The van der Waals surface area contributed by atoms with Crippen molar-refractivity contribution < 1.29 is 9.53 Å². The zero-order chi connectivity index (χ0) is 18.2. The SMILES string of the molecule is COC(=O)/C(=C/C=C(c1ccccc1)c1ccccc1)c1ccccc1. The molecule has 2 heteroatoms. The normalized spacial score (nSPS) is 10.9. The highest BCUT2D eigenvalue weighted by molar-refractivity contribution is 6.17. The Morgan fingerprint density at radius 1 is 0.654 bits per heavy atom. The van der Waals surface area contributed by atoms with Crippen molar-refractivity contribution in [2.45, 2.75) is 0 Å². The average Bonchev–Trinajstić information content (AvgIpc) is 2.73. The molecule has 3 rings (SSSR count). The Morgan fingerprint density at radius 3 is 1.50 bits per heavy atom. The van der Waals surface area contributed by atoms with Gasteiger partial charge in [-0.1, -0.05) is 97.1 Å². The van der Waals surface area contributed by atoms with E-state index in [1.54, 1.807) is 0 Å². The second kappa shape index (κ2) is 8.63. The lowest BCUT2D eigenvalue weighted by molar-refractivity contribution is -0.133. The predicted octanol–water partition coefficient (Wildman–Crippen LogP) is 5.37. The Morgan fingerprint density at radius 2 is 1.08 bits per heavy atom. The van der Waals surface area contributed by atoms with Gasteiger partial charge in [0.05, 0.1) is 12.7 Å². The Labute approximate surface area is 154 Å². The molecule has 0 spiro atoms. The van der Waals surface area contributed by atoms with Crippen molar-refractivity contribution in [2.75, 3.05) is 7.11 Å². The topological polar surface area (TPSA) is 26.3 Å². The predicted molar refractivity (Wildman–Crippen MR) is 106 cm³/mol. The second-order valence-corrected chi connectivity index (χ2v) is 5.75. The molecule has 0 radical (unpaired) electrons. The summed E-state index contributed by atoms with van der Waals surface area (Å²) >= 11 is 0. The highest BCUT2D eigenvalue weighted by Gasteiger charge is 2.11. The van der Waals surface area contributed by atoms with Crippen LogP contribution in [0.4, 0.5) is 0 Å². The lowest BCUT2D eigenvalue weighted by Crippen LogP contribution is -2.03. The third kappa shape index (κ3) is 4.17. The summed E-state index contributed by atoms with van der Waals surface area (Å²) in [7, 11) is 1.40. The van der Waals surface area contributed by atoms with Crippen molar-refractivity contribution in [2.24, 2.45) is 0 Å². The quantitative estimate of drug-likeness (QED) is 0.354. The van der Waals surface area contributed by atoms with E-state index in [9.17, 15) is 4.79 Å². The molecular weight excluding hydrogens is 320 g/mol. The van der Waals surface area contributed by atoms with Crippen molar-refractivity contribution in [3.63, 3.8) is 0 Å². The molecule has 0 fully saturated rings. The minimum atomic E-state index is -0.354. The number of rotatable bonds is 5. The molecule has 26 heavy (non-hydrogen) atoms. The van der Waals surface area contributed by atoms with Gasteiger partial charge in [-0.3, -0.25) is 0 Å². The van der Waals surface area contributed by atoms with Crippen molar-refractivity contribution in [1.29, 1.82) is 0 Å². The molecule has 0 aromatic heterocycles. The maximum Gasteiger partial charge on any atom is 0.338 e. The fraction of sp³-hybridized carbons (Fsp3) is 0.0417. The van der Waals surface area contributed by atoms with Crippen LogP contribution in [0, 0.1) is 0 Å². The largest absolute Gasteiger partial charge is 0.465 e. The van der Waals surface area contributed by atoms with E-state index in [4.69, 9.17) is 4.74 Å². The fourth-order valence-corrected chi connectivity index (χ4v) is 2.77. The molecule has 0 saturated carbocycles. The van der Waals surface area contributed by atoms with Gasteiger partial charge in [-0.15, -0.1) is 0 Å². The van der Waals surface area contributed by atoms with Crippen LogP contribution < -0.4 is 0 Å². The molecule has 0 aliphatic rings. The zero-order valence-electron chi connectivity index (χ0n) is 14.6. The standard InChI is InChI=1S/C24H20O2/c1-26-24(25)23(21-15-9-4-10-16-21)18-17-22(19-11-5-2-6-12-19)20-13-7-3-8-14-20/h2-18H,1H3/b23-18+. The van der Waals surface area contributed by atoms with Crippen molar-refractivity contribution in [1.82, 2.24) is 0 Å². The molecule has 3 aromatic rings. The first kappa shape index (κ1) is 17.4. The van der Waals surface area contributed by atoms with E-state index in [1.165, 1.54) is 7.11 Å². The average molecular weight is 340 g/mol. The van der Waals surface area contributed by atoms with Crippen LogP contribution in [0.1, 0.15) is 16.7 Å². The third-order valence-electron chi connectivity index (χ3n) is 4.08. The molecule has 0 N–H and O–H groups in total. The molecule has 128 valence electrons. The van der Waals surface area contributed by atoms with Gasteiger partial charge >= 0.3 is 5.97 Å². The van der Waals surface area contributed by atoms with E-state index in [0.717, 1.165) is 22.3 Å². The molecule has 2 nitrogen and oxygen atoms in total. The minimum absolute atomic E-state index is 0.354. The number of carbonyl (C=O) groups excluding carboxylic acids is 1. The number of allylic oxidation sites excluding steroid dienone is 2. The summed E-state index contributed by atoms with van der Waals surface area (Å²) in [6, 6.07) is 29.8. The molecule has 0 aliphatic carbocycles. The Bertz CT molecular complexity index is 867. The smallest absolute Gasteiger partial charge is 0.338 e. The maximum atomic E-state index is 12.3. The van der Waals surface area contributed by atoms with Crippen LogP contribution in [0.25, 0.3) is 11.1 Å².